The van der Waals surface area contributed by atoms with Crippen molar-refractivity contribution >= 4 is 17.9 Å². The number of aromatic hydroxyl groups is 5. The molecule has 5 N–H and O–H groups in total. The van der Waals surface area contributed by atoms with E-state index >= 15 is 0 Å². The molecule has 4 aliphatic rings. The predicted molar refractivity (Wildman–Crippen MR) is 181 cm³/mol. The fourth-order valence-corrected chi connectivity index (χ4v) is 7.80. The van der Waals surface area contributed by atoms with Crippen LogP contribution in [0.5, 0.6) is 46.0 Å². The van der Waals surface area contributed by atoms with E-state index in [0.717, 1.165) is 11.1 Å². The van der Waals surface area contributed by atoms with Crippen molar-refractivity contribution < 1.29 is 44.5 Å². The Morgan fingerprint density at radius 2 is 1.61 bits per heavy atom. The van der Waals surface area contributed by atoms with Crippen LogP contribution in [-0.4, -0.2) is 36.9 Å². The van der Waals surface area contributed by atoms with E-state index in [0.29, 0.717) is 45.9 Å². The number of ketones is 1. The van der Waals surface area contributed by atoms with E-state index in [1.807, 2.05) is 39.0 Å². The summed E-state index contributed by atoms with van der Waals surface area (Å²) in [6.07, 6.45) is 9.10. The molecule has 0 radical (unpaired) electrons. The molecule has 0 bridgehead atoms. The number of carbonyl (C=O) groups is 1. The van der Waals surface area contributed by atoms with Gasteiger partial charge in [0.25, 0.3) is 5.79 Å². The molecular weight excluding hydrogens is 624 g/mol. The summed E-state index contributed by atoms with van der Waals surface area (Å²) in [5, 5.41) is 53.1. The van der Waals surface area contributed by atoms with Crippen LogP contribution in [0.2, 0.25) is 0 Å². The Hall–Kier alpha value is -5.83. The third kappa shape index (κ3) is 4.71. The van der Waals surface area contributed by atoms with E-state index in [-0.39, 0.29) is 40.2 Å². The van der Waals surface area contributed by atoms with Crippen molar-refractivity contribution in [3.05, 3.63) is 118 Å². The van der Waals surface area contributed by atoms with Gasteiger partial charge in [0.15, 0.2) is 5.78 Å². The van der Waals surface area contributed by atoms with Crippen molar-refractivity contribution in [1.29, 1.82) is 0 Å². The van der Waals surface area contributed by atoms with Gasteiger partial charge in [0.05, 0.1) is 22.6 Å². The summed E-state index contributed by atoms with van der Waals surface area (Å²) in [5.74, 6) is -2.49. The number of allylic oxidation sites excluding steroid dienone is 3. The Morgan fingerprint density at radius 3 is 2.41 bits per heavy atom. The minimum absolute atomic E-state index is 0.0331. The molecule has 4 unspecified atom stereocenters. The molecule has 9 heteroatoms. The Bertz CT molecular complexity index is 2170. The predicted octanol–water partition coefficient (Wildman–Crippen LogP) is 7.77. The van der Waals surface area contributed by atoms with E-state index in [4.69, 9.17) is 14.2 Å². The molecule has 8 rings (SSSR count). The van der Waals surface area contributed by atoms with Crippen LogP contribution < -0.4 is 14.2 Å². The molecule has 3 aliphatic heterocycles. The maximum absolute atomic E-state index is 13.5. The van der Waals surface area contributed by atoms with Gasteiger partial charge in [-0.2, -0.15) is 0 Å². The number of ether oxygens (including phenoxy) is 3. The molecule has 0 saturated heterocycles. The number of phenols is 5. The van der Waals surface area contributed by atoms with Crippen molar-refractivity contribution in [3.8, 4) is 46.0 Å². The smallest absolute Gasteiger partial charge is 0.285 e. The zero-order valence-corrected chi connectivity index (χ0v) is 27.0. The molecular formula is C40H34O9. The minimum atomic E-state index is -1.53. The monoisotopic (exact) mass is 658 g/mol. The second-order valence-corrected chi connectivity index (χ2v) is 13.7. The number of hydrogen-bond acceptors (Lipinski definition) is 9. The van der Waals surface area contributed by atoms with Crippen LogP contribution in [0.1, 0.15) is 77.2 Å². The number of phenolic OH excluding ortho intramolecular Hbond substituents is 5. The first-order valence-electron chi connectivity index (χ1n) is 16.1. The van der Waals surface area contributed by atoms with Crippen LogP contribution in [0.3, 0.4) is 0 Å². The van der Waals surface area contributed by atoms with Crippen molar-refractivity contribution in [1.82, 2.24) is 0 Å². The largest absolute Gasteiger partial charge is 0.508 e. The molecule has 0 amide bonds. The molecule has 248 valence electrons. The van der Waals surface area contributed by atoms with E-state index in [9.17, 15) is 30.3 Å². The number of rotatable bonds is 4. The third-order valence-electron chi connectivity index (χ3n) is 9.95. The average Bonchev–Trinajstić information content (AvgIpc) is 3.03. The van der Waals surface area contributed by atoms with E-state index < -0.39 is 29.0 Å². The average molecular weight is 659 g/mol. The minimum Gasteiger partial charge on any atom is -0.508 e. The Balaban J connectivity index is 1.32. The Labute approximate surface area is 282 Å². The lowest BCUT2D eigenvalue weighted by atomic mass is 9.60. The van der Waals surface area contributed by atoms with Crippen LogP contribution in [0.4, 0.5) is 0 Å². The van der Waals surface area contributed by atoms with E-state index in [2.05, 4.69) is 6.08 Å². The highest BCUT2D eigenvalue weighted by Gasteiger charge is 2.62. The molecule has 4 atom stereocenters. The molecule has 4 aromatic rings. The summed E-state index contributed by atoms with van der Waals surface area (Å²) in [7, 11) is 0. The molecule has 9 nitrogen and oxygen atoms in total. The van der Waals surface area contributed by atoms with Gasteiger partial charge in [-0.1, -0.05) is 17.7 Å². The lowest BCUT2D eigenvalue weighted by molar-refractivity contribution is -0.198. The molecule has 0 fully saturated rings. The fourth-order valence-electron chi connectivity index (χ4n) is 7.80. The number of fused-ring (bicyclic) bond motifs is 5. The van der Waals surface area contributed by atoms with Gasteiger partial charge in [0.2, 0.25) is 0 Å². The first-order chi connectivity index (χ1) is 23.3. The van der Waals surface area contributed by atoms with Gasteiger partial charge in [0, 0.05) is 35.1 Å². The second kappa shape index (κ2) is 10.6. The van der Waals surface area contributed by atoms with Gasteiger partial charge in [-0.15, -0.1) is 0 Å². The van der Waals surface area contributed by atoms with Gasteiger partial charge in [-0.25, -0.2) is 0 Å². The first-order valence-corrected chi connectivity index (χ1v) is 16.1. The molecule has 0 aromatic heterocycles. The van der Waals surface area contributed by atoms with Crippen LogP contribution in [-0.2, 0) is 5.79 Å². The standard InChI is InChI=1S/C40H34O9/c1-20-16-27-24-8-7-23(42)19-34(24)48-40(29-10-12-31(44)26-14-15-39(2,3)49-38(26)29)36(27)28(17-20)35-33(47-40)13-9-25(37(35)46)30(43)11-5-21-4-6-22(41)18-32(21)45/h4-15,17-19,27-28,36,41-42,44-46H,16H2,1-3H3. The normalized spacial score (nSPS) is 23.9. The highest BCUT2D eigenvalue weighted by Crippen LogP contribution is 2.66. The zero-order valence-electron chi connectivity index (χ0n) is 27.0. The SMILES string of the molecule is CC1=CC2c3c(ccc(C(=O)C=Cc4ccc(O)cc4O)c3O)OC3(c4ccc(O)c5c4OC(C)(C)C=C5)Oc4cc(O)ccc4C(C1)C23. The van der Waals surface area contributed by atoms with Gasteiger partial charge < -0.3 is 39.7 Å². The zero-order chi connectivity index (χ0) is 34.4. The first kappa shape index (κ1) is 30.5. The highest BCUT2D eigenvalue weighted by atomic mass is 16.7. The summed E-state index contributed by atoms with van der Waals surface area (Å²) < 4.78 is 20.4. The second-order valence-electron chi connectivity index (χ2n) is 13.7. The summed E-state index contributed by atoms with van der Waals surface area (Å²) in [4.78, 5) is 13.5. The Morgan fingerprint density at radius 1 is 0.857 bits per heavy atom. The summed E-state index contributed by atoms with van der Waals surface area (Å²) >= 11 is 0. The van der Waals surface area contributed by atoms with Crippen molar-refractivity contribution in [3.63, 3.8) is 0 Å². The lowest BCUT2D eigenvalue weighted by Gasteiger charge is -2.55. The van der Waals surface area contributed by atoms with E-state index in [1.54, 1.807) is 30.3 Å². The van der Waals surface area contributed by atoms with Crippen LogP contribution in [0.15, 0.2) is 84.5 Å². The maximum Gasteiger partial charge on any atom is 0.285 e. The van der Waals surface area contributed by atoms with Crippen LogP contribution >= 0.6 is 0 Å². The number of hydrogen-bond donors (Lipinski definition) is 5. The maximum atomic E-state index is 13.5. The molecule has 0 spiro atoms. The lowest BCUT2D eigenvalue weighted by Crippen LogP contribution is -2.56. The van der Waals surface area contributed by atoms with Crippen LogP contribution in [0, 0.1) is 5.92 Å². The quantitative estimate of drug-likeness (QED) is 0.0843. The van der Waals surface area contributed by atoms with Crippen molar-refractivity contribution in [2.45, 2.75) is 50.4 Å². The summed E-state index contributed by atoms with van der Waals surface area (Å²) in [5.41, 5.74) is 3.09. The summed E-state index contributed by atoms with van der Waals surface area (Å²) in [6.45, 7) is 5.85. The number of benzene rings is 4. The van der Waals surface area contributed by atoms with Crippen molar-refractivity contribution in [2.24, 2.45) is 5.92 Å². The van der Waals surface area contributed by atoms with Gasteiger partial charge >= 0.3 is 0 Å². The summed E-state index contributed by atoms with van der Waals surface area (Å²) in [6, 6.07) is 15.6. The fraction of sp³-hybridized carbons (Fsp3) is 0.225. The highest BCUT2D eigenvalue weighted by molar-refractivity contribution is 6.09. The molecule has 49 heavy (non-hydrogen) atoms. The topological polar surface area (TPSA) is 146 Å². The third-order valence-corrected chi connectivity index (χ3v) is 9.95. The van der Waals surface area contributed by atoms with Gasteiger partial charge in [-0.3, -0.25) is 4.79 Å². The van der Waals surface area contributed by atoms with Crippen LogP contribution in [0.25, 0.3) is 12.2 Å². The molecule has 1 aliphatic carbocycles. The molecule has 3 heterocycles. The van der Waals surface area contributed by atoms with Crippen molar-refractivity contribution in [2.75, 3.05) is 0 Å². The Kier molecular flexibility index (Phi) is 6.59. The molecule has 4 aromatic carbocycles. The van der Waals surface area contributed by atoms with Gasteiger partial charge in [0.1, 0.15) is 51.6 Å². The number of carbonyl (C=O) groups excluding carboxylic acids is 1. The van der Waals surface area contributed by atoms with Gasteiger partial charge in [-0.05, 0) is 99.5 Å². The molecule has 0 saturated carbocycles. The van der Waals surface area contributed by atoms with E-state index in [1.165, 1.54) is 36.4 Å².